The van der Waals surface area contributed by atoms with Crippen LogP contribution in [-0.2, 0) is 4.79 Å². The van der Waals surface area contributed by atoms with Gasteiger partial charge in [0.15, 0.2) is 0 Å². The van der Waals surface area contributed by atoms with Gasteiger partial charge in [-0.1, -0.05) is 0 Å². The monoisotopic (exact) mass is 293 g/mol. The van der Waals surface area contributed by atoms with Crippen LogP contribution in [0.25, 0.3) is 10.2 Å². The fraction of sp³-hybridized carbons (Fsp3) is 0.462. The van der Waals surface area contributed by atoms with Crippen LogP contribution in [0, 0.1) is 0 Å². The van der Waals surface area contributed by atoms with Crippen molar-refractivity contribution >= 4 is 39.2 Å². The molecule has 108 valence electrons. The van der Waals surface area contributed by atoms with Crippen LogP contribution in [0.3, 0.4) is 0 Å². The van der Waals surface area contributed by atoms with Gasteiger partial charge in [0.05, 0.1) is 11.9 Å². The van der Waals surface area contributed by atoms with Crippen LogP contribution in [0.2, 0.25) is 0 Å². The predicted octanol–water partition coefficient (Wildman–Crippen LogP) is 1.70. The predicted molar refractivity (Wildman–Crippen MR) is 83.5 cm³/mol. The maximum Gasteiger partial charge on any atom is 0.239 e. The molecule has 1 amide bonds. The van der Waals surface area contributed by atoms with Crippen LogP contribution in [0.5, 0.6) is 0 Å². The molecule has 0 aliphatic carbocycles. The number of nitrogens with one attached hydrogen (secondary N) is 2. The van der Waals surface area contributed by atoms with Gasteiger partial charge in [-0.15, -0.1) is 11.3 Å². The van der Waals surface area contributed by atoms with Crippen molar-refractivity contribution in [1.29, 1.82) is 0 Å². The van der Waals surface area contributed by atoms with E-state index < -0.39 is 0 Å². The van der Waals surface area contributed by atoms with Gasteiger partial charge in [0, 0.05) is 20.1 Å². The Morgan fingerprint density at radius 3 is 2.85 bits per heavy atom. The molecule has 7 heteroatoms. The Hall–Kier alpha value is -1.89. The number of hydrogen-bond donors (Lipinski definition) is 2. The molecule has 6 nitrogen and oxygen atoms in total. The second kappa shape index (κ2) is 6.51. The number of aromatic nitrogens is 2. The fourth-order valence-corrected chi connectivity index (χ4v) is 2.71. The molecule has 0 saturated carbocycles. The smallest absolute Gasteiger partial charge is 0.239 e. The average Bonchev–Trinajstić information content (AvgIpc) is 2.92. The van der Waals surface area contributed by atoms with Crippen LogP contribution < -0.4 is 15.5 Å². The number of carbonyl (C=O) groups is 1. The van der Waals surface area contributed by atoms with E-state index in [9.17, 15) is 4.79 Å². The molecular weight excluding hydrogens is 274 g/mol. The van der Waals surface area contributed by atoms with Gasteiger partial charge in [-0.2, -0.15) is 4.98 Å². The molecule has 2 aromatic heterocycles. The van der Waals surface area contributed by atoms with E-state index in [1.54, 1.807) is 18.4 Å². The Bertz CT molecular complexity index is 597. The second-order valence-corrected chi connectivity index (χ2v) is 5.12. The van der Waals surface area contributed by atoms with E-state index >= 15 is 0 Å². The first-order valence-electron chi connectivity index (χ1n) is 6.64. The molecule has 0 bridgehead atoms. The van der Waals surface area contributed by atoms with Gasteiger partial charge in [0.2, 0.25) is 11.9 Å². The summed E-state index contributed by atoms with van der Waals surface area (Å²) in [7, 11) is 1.79. The minimum Gasteiger partial charge on any atom is -0.357 e. The van der Waals surface area contributed by atoms with Crippen LogP contribution in [0.1, 0.15) is 13.8 Å². The second-order valence-electron chi connectivity index (χ2n) is 4.23. The number of anilines is 2. The van der Waals surface area contributed by atoms with E-state index in [4.69, 9.17) is 0 Å². The molecule has 2 rings (SSSR count). The van der Waals surface area contributed by atoms with Crippen LogP contribution in [-0.4, -0.2) is 42.6 Å². The molecule has 2 N–H and O–H groups in total. The summed E-state index contributed by atoms with van der Waals surface area (Å²) in [5.41, 5.74) is 0. The van der Waals surface area contributed by atoms with Crippen molar-refractivity contribution in [2.24, 2.45) is 0 Å². The minimum atomic E-state index is 0.00218. The Kier molecular flexibility index (Phi) is 4.73. The summed E-state index contributed by atoms with van der Waals surface area (Å²) in [5.74, 6) is 1.38. The zero-order chi connectivity index (χ0) is 14.5. The van der Waals surface area contributed by atoms with Crippen molar-refractivity contribution < 1.29 is 4.79 Å². The highest BCUT2D eigenvalue weighted by molar-refractivity contribution is 7.16. The van der Waals surface area contributed by atoms with Crippen LogP contribution >= 0.6 is 11.3 Å². The van der Waals surface area contributed by atoms with E-state index in [2.05, 4.69) is 20.6 Å². The number of likely N-dealkylation sites (N-methyl/N-ethyl adjacent to an activating group) is 2. The highest BCUT2D eigenvalue weighted by Crippen LogP contribution is 2.28. The van der Waals surface area contributed by atoms with Crippen molar-refractivity contribution in [2.45, 2.75) is 13.8 Å². The third-order valence-electron chi connectivity index (χ3n) is 2.92. The Labute approximate surface area is 122 Å². The number of fused-ring (bicyclic) bond motifs is 1. The topological polar surface area (TPSA) is 70.2 Å². The van der Waals surface area contributed by atoms with Crippen molar-refractivity contribution in [3.8, 4) is 0 Å². The van der Waals surface area contributed by atoms with Gasteiger partial charge in [-0.25, -0.2) is 4.98 Å². The Balaban J connectivity index is 2.37. The number of nitrogens with zero attached hydrogens (tertiary/aromatic N) is 3. The molecule has 0 spiro atoms. The molecule has 0 aliphatic heterocycles. The SMILES string of the molecule is CCNC(=O)CN(CC)c1nc(NC)nc2sccc12. The summed E-state index contributed by atoms with van der Waals surface area (Å²) < 4.78 is 0. The van der Waals surface area contributed by atoms with Crippen molar-refractivity contribution in [1.82, 2.24) is 15.3 Å². The first-order valence-corrected chi connectivity index (χ1v) is 7.52. The highest BCUT2D eigenvalue weighted by atomic mass is 32.1. The van der Waals surface area contributed by atoms with Gasteiger partial charge in [0.1, 0.15) is 10.6 Å². The molecule has 0 radical (unpaired) electrons. The minimum absolute atomic E-state index is 0.00218. The van der Waals surface area contributed by atoms with E-state index in [1.807, 2.05) is 30.2 Å². The third kappa shape index (κ3) is 2.98. The Morgan fingerprint density at radius 1 is 1.40 bits per heavy atom. The number of amides is 1. The van der Waals surface area contributed by atoms with Gasteiger partial charge in [0.25, 0.3) is 0 Å². The zero-order valence-corrected chi connectivity index (χ0v) is 12.8. The van der Waals surface area contributed by atoms with Gasteiger partial charge in [-0.3, -0.25) is 4.79 Å². The van der Waals surface area contributed by atoms with E-state index in [1.165, 1.54) is 0 Å². The van der Waals surface area contributed by atoms with Gasteiger partial charge < -0.3 is 15.5 Å². The summed E-state index contributed by atoms with van der Waals surface area (Å²) in [6.07, 6.45) is 0. The molecule has 20 heavy (non-hydrogen) atoms. The lowest BCUT2D eigenvalue weighted by molar-refractivity contribution is -0.119. The number of hydrogen-bond acceptors (Lipinski definition) is 6. The first kappa shape index (κ1) is 14.5. The lowest BCUT2D eigenvalue weighted by Crippen LogP contribution is -2.37. The zero-order valence-electron chi connectivity index (χ0n) is 11.9. The van der Waals surface area contributed by atoms with E-state index in [-0.39, 0.29) is 5.91 Å². The van der Waals surface area contributed by atoms with Crippen LogP contribution in [0.4, 0.5) is 11.8 Å². The standard InChI is InChI=1S/C13H19N5OS/c1-4-15-10(19)8-18(5-2)11-9-6-7-20-12(9)17-13(14-3)16-11/h6-7H,4-5,8H2,1-3H3,(H,15,19)(H,14,16,17). The summed E-state index contributed by atoms with van der Waals surface area (Å²) in [6.45, 7) is 5.57. The van der Waals surface area contributed by atoms with Crippen molar-refractivity contribution in [2.75, 3.05) is 36.9 Å². The quantitative estimate of drug-likeness (QED) is 0.848. The number of rotatable bonds is 6. The molecule has 2 aromatic rings. The normalized spacial score (nSPS) is 10.6. The molecule has 0 unspecified atom stereocenters. The third-order valence-corrected chi connectivity index (χ3v) is 3.72. The molecular formula is C13H19N5OS. The van der Waals surface area contributed by atoms with Gasteiger partial charge >= 0.3 is 0 Å². The number of thiophene rings is 1. The maximum absolute atomic E-state index is 11.8. The first-order chi connectivity index (χ1) is 9.69. The largest absolute Gasteiger partial charge is 0.357 e. The van der Waals surface area contributed by atoms with Crippen molar-refractivity contribution in [3.63, 3.8) is 0 Å². The summed E-state index contributed by atoms with van der Waals surface area (Å²) in [6, 6.07) is 2.00. The summed E-state index contributed by atoms with van der Waals surface area (Å²) >= 11 is 1.57. The fourth-order valence-electron chi connectivity index (χ4n) is 1.96. The van der Waals surface area contributed by atoms with Crippen molar-refractivity contribution in [3.05, 3.63) is 11.4 Å². The molecule has 0 saturated heterocycles. The van der Waals surface area contributed by atoms with E-state index in [0.717, 1.165) is 16.0 Å². The van der Waals surface area contributed by atoms with E-state index in [0.29, 0.717) is 25.6 Å². The Morgan fingerprint density at radius 2 is 2.20 bits per heavy atom. The lowest BCUT2D eigenvalue weighted by atomic mass is 10.3. The van der Waals surface area contributed by atoms with Gasteiger partial charge in [-0.05, 0) is 25.3 Å². The molecule has 0 fully saturated rings. The molecule has 0 aliphatic rings. The molecule has 2 heterocycles. The summed E-state index contributed by atoms with van der Waals surface area (Å²) in [4.78, 5) is 23.6. The van der Waals surface area contributed by atoms with Crippen LogP contribution in [0.15, 0.2) is 11.4 Å². The average molecular weight is 293 g/mol. The molecule has 0 aromatic carbocycles. The molecule has 0 atom stereocenters. The maximum atomic E-state index is 11.8. The highest BCUT2D eigenvalue weighted by Gasteiger charge is 2.16. The number of carbonyl (C=O) groups excluding carboxylic acids is 1. The summed E-state index contributed by atoms with van der Waals surface area (Å²) in [5, 5.41) is 8.75. The lowest BCUT2D eigenvalue weighted by Gasteiger charge is -2.22.